The van der Waals surface area contributed by atoms with Gasteiger partial charge >= 0.3 is 5.97 Å². The summed E-state index contributed by atoms with van der Waals surface area (Å²) in [6.45, 7) is 0. The molecule has 0 amide bonds. The number of aliphatic carboxylic acids is 1. The summed E-state index contributed by atoms with van der Waals surface area (Å²) in [5.41, 5.74) is -0.236. The Morgan fingerprint density at radius 2 is 2.20 bits per heavy atom. The molecule has 4 heteroatoms. The highest BCUT2D eigenvalue weighted by molar-refractivity contribution is 6.17. The van der Waals surface area contributed by atoms with Crippen LogP contribution in [0.1, 0.15) is 12.8 Å². The van der Waals surface area contributed by atoms with E-state index in [2.05, 4.69) is 0 Å². The molecule has 0 rings (SSSR count). The Kier molecular flexibility index (Phi) is 4.63. The van der Waals surface area contributed by atoms with Crippen LogP contribution < -0.4 is 0 Å². The molecule has 0 fully saturated rings. The van der Waals surface area contributed by atoms with E-state index in [1.807, 2.05) is 0 Å². The lowest BCUT2D eigenvalue weighted by molar-refractivity contribution is -0.132. The van der Waals surface area contributed by atoms with Crippen molar-refractivity contribution in [3.05, 3.63) is 5.57 Å². The average Bonchev–Trinajstić information content (AvgIpc) is 1.89. The van der Waals surface area contributed by atoms with Gasteiger partial charge in [0, 0.05) is 5.88 Å². The van der Waals surface area contributed by atoms with Crippen molar-refractivity contribution in [3.8, 4) is 0 Å². The number of hydrogen-bond donors (Lipinski definition) is 1. The molecule has 10 heavy (non-hydrogen) atoms. The minimum absolute atomic E-state index is 0.197. The van der Waals surface area contributed by atoms with Crippen molar-refractivity contribution in [2.24, 2.45) is 0 Å². The first-order valence-electron chi connectivity index (χ1n) is 2.75. The maximum absolute atomic E-state index is 10.1. The summed E-state index contributed by atoms with van der Waals surface area (Å²) in [6, 6.07) is 0. The van der Waals surface area contributed by atoms with E-state index in [9.17, 15) is 9.59 Å². The number of halogens is 1. The first kappa shape index (κ1) is 9.21. The molecular weight excluding hydrogens is 156 g/mol. The predicted octanol–water partition coefficient (Wildman–Crippen LogP) is 0.848. The first-order valence-corrected chi connectivity index (χ1v) is 3.29. The van der Waals surface area contributed by atoms with Gasteiger partial charge in [-0.1, -0.05) is 0 Å². The summed E-state index contributed by atoms with van der Waals surface area (Å²) in [7, 11) is 0. The summed E-state index contributed by atoms with van der Waals surface area (Å²) in [5, 5.41) is 8.26. The molecule has 0 aliphatic carbocycles. The monoisotopic (exact) mass is 162 g/mol. The van der Waals surface area contributed by atoms with Crippen molar-refractivity contribution in [1.29, 1.82) is 0 Å². The Bertz CT molecular complexity index is 170. The molecule has 56 valence electrons. The van der Waals surface area contributed by atoms with Gasteiger partial charge in [-0.15, -0.1) is 11.6 Å². The highest BCUT2D eigenvalue weighted by atomic mass is 35.5. The Morgan fingerprint density at radius 3 is 2.50 bits per heavy atom. The summed E-state index contributed by atoms with van der Waals surface area (Å²) < 4.78 is 0. The van der Waals surface area contributed by atoms with Crippen LogP contribution in [0.5, 0.6) is 0 Å². The second kappa shape index (κ2) is 5.03. The van der Waals surface area contributed by atoms with Crippen LogP contribution in [0.2, 0.25) is 0 Å². The van der Waals surface area contributed by atoms with Gasteiger partial charge in [0.25, 0.3) is 0 Å². The molecule has 0 saturated carbocycles. The van der Waals surface area contributed by atoms with Crippen LogP contribution in [-0.2, 0) is 9.59 Å². The molecule has 0 heterocycles. The molecule has 0 aromatic rings. The zero-order valence-electron chi connectivity index (χ0n) is 5.26. The summed E-state index contributed by atoms with van der Waals surface area (Å²) in [5.74, 6) is 0.496. The van der Waals surface area contributed by atoms with E-state index in [4.69, 9.17) is 16.7 Å². The minimum Gasteiger partial charge on any atom is -0.477 e. The third-order valence-corrected chi connectivity index (χ3v) is 1.21. The van der Waals surface area contributed by atoms with Gasteiger partial charge in [-0.25, -0.2) is 9.59 Å². The minimum atomic E-state index is -1.21. The molecule has 0 radical (unpaired) electrons. The van der Waals surface area contributed by atoms with Crippen molar-refractivity contribution in [1.82, 2.24) is 0 Å². The molecule has 0 aromatic heterocycles. The Labute approximate surface area is 63.3 Å². The smallest absolute Gasteiger partial charge is 0.342 e. The number of carboxylic acids is 1. The zero-order chi connectivity index (χ0) is 7.98. The van der Waals surface area contributed by atoms with E-state index in [0.29, 0.717) is 12.3 Å². The lowest BCUT2D eigenvalue weighted by Gasteiger charge is -1.91. The van der Waals surface area contributed by atoms with Crippen LogP contribution in [0.15, 0.2) is 5.57 Å². The molecule has 0 aliphatic heterocycles. The van der Waals surface area contributed by atoms with E-state index in [1.54, 1.807) is 0 Å². The van der Waals surface area contributed by atoms with Gasteiger partial charge < -0.3 is 5.11 Å². The Balaban J connectivity index is 3.87. The first-order chi connectivity index (χ1) is 4.72. The number of rotatable bonds is 4. The number of alkyl halides is 1. The van der Waals surface area contributed by atoms with Crippen LogP contribution >= 0.6 is 11.6 Å². The molecule has 0 aromatic carbocycles. The summed E-state index contributed by atoms with van der Waals surface area (Å²) >= 11 is 5.27. The fraction of sp³-hybridized carbons (Fsp3) is 0.500. The van der Waals surface area contributed by atoms with Gasteiger partial charge in [0.1, 0.15) is 11.5 Å². The van der Waals surface area contributed by atoms with E-state index >= 15 is 0 Å². The molecule has 0 unspecified atom stereocenters. The van der Waals surface area contributed by atoms with Crippen molar-refractivity contribution >= 4 is 23.5 Å². The van der Waals surface area contributed by atoms with E-state index < -0.39 is 5.97 Å². The van der Waals surface area contributed by atoms with E-state index in [-0.39, 0.29) is 12.0 Å². The lowest BCUT2D eigenvalue weighted by atomic mass is 10.2. The van der Waals surface area contributed by atoms with E-state index in [1.165, 1.54) is 5.94 Å². The van der Waals surface area contributed by atoms with Crippen LogP contribution in [0.4, 0.5) is 0 Å². The molecule has 1 N–H and O–H groups in total. The SMILES string of the molecule is O=C=C(CCCCl)C(=O)O. The number of carbonyl (C=O) groups is 1. The van der Waals surface area contributed by atoms with E-state index in [0.717, 1.165) is 0 Å². The normalized spacial score (nSPS) is 8.50. The highest BCUT2D eigenvalue weighted by Gasteiger charge is 2.06. The predicted molar refractivity (Wildman–Crippen MR) is 36.8 cm³/mol. The zero-order valence-corrected chi connectivity index (χ0v) is 6.02. The Hall–Kier alpha value is -0.790. The topological polar surface area (TPSA) is 54.4 Å². The van der Waals surface area contributed by atoms with Crippen molar-refractivity contribution in [2.75, 3.05) is 5.88 Å². The third-order valence-electron chi connectivity index (χ3n) is 0.942. The lowest BCUT2D eigenvalue weighted by Crippen LogP contribution is -2.01. The fourth-order valence-corrected chi connectivity index (χ4v) is 0.579. The van der Waals surface area contributed by atoms with Gasteiger partial charge in [0.05, 0.1) is 0 Å². The number of hydrogen-bond acceptors (Lipinski definition) is 2. The molecule has 0 aliphatic rings. The standard InChI is InChI=1S/C6H7ClO3/c7-3-1-2-5(4-8)6(9)10/h1-3H2,(H,9,10). The fourth-order valence-electron chi connectivity index (χ4n) is 0.445. The number of carbonyl (C=O) groups excluding carboxylic acids is 1. The highest BCUT2D eigenvalue weighted by Crippen LogP contribution is 2.01. The van der Waals surface area contributed by atoms with Gasteiger partial charge in [0.2, 0.25) is 0 Å². The van der Waals surface area contributed by atoms with Gasteiger partial charge in [-0.3, -0.25) is 0 Å². The quantitative estimate of drug-likeness (QED) is 0.379. The van der Waals surface area contributed by atoms with Crippen LogP contribution in [-0.4, -0.2) is 22.9 Å². The molecule has 0 atom stereocenters. The van der Waals surface area contributed by atoms with Gasteiger partial charge in [-0.2, -0.15) is 0 Å². The van der Waals surface area contributed by atoms with Gasteiger partial charge in [-0.05, 0) is 12.8 Å². The molecule has 3 nitrogen and oxygen atoms in total. The second-order valence-electron chi connectivity index (χ2n) is 1.68. The molecule has 0 saturated heterocycles. The Morgan fingerprint density at radius 1 is 1.60 bits per heavy atom. The maximum atomic E-state index is 10.1. The van der Waals surface area contributed by atoms with Crippen LogP contribution in [0, 0.1) is 0 Å². The largest absolute Gasteiger partial charge is 0.477 e. The third kappa shape index (κ3) is 3.28. The van der Waals surface area contributed by atoms with Gasteiger partial charge in [0.15, 0.2) is 0 Å². The average molecular weight is 163 g/mol. The number of carboxylic acid groups (broad SMARTS) is 1. The van der Waals surface area contributed by atoms with Crippen molar-refractivity contribution in [3.63, 3.8) is 0 Å². The second-order valence-corrected chi connectivity index (χ2v) is 2.06. The molecular formula is C6H7ClO3. The maximum Gasteiger partial charge on any atom is 0.342 e. The van der Waals surface area contributed by atoms with Crippen molar-refractivity contribution in [2.45, 2.75) is 12.8 Å². The van der Waals surface area contributed by atoms with Crippen LogP contribution in [0.25, 0.3) is 0 Å². The summed E-state index contributed by atoms with van der Waals surface area (Å²) in [4.78, 5) is 20.0. The van der Waals surface area contributed by atoms with Crippen molar-refractivity contribution < 1.29 is 14.7 Å². The molecule has 0 spiro atoms. The molecule has 0 bridgehead atoms. The summed E-state index contributed by atoms with van der Waals surface area (Å²) in [6.07, 6.45) is 0.695. The van der Waals surface area contributed by atoms with Crippen LogP contribution in [0.3, 0.4) is 0 Å².